The van der Waals surface area contributed by atoms with Crippen LogP contribution in [0.25, 0.3) is 0 Å². The van der Waals surface area contributed by atoms with Gasteiger partial charge >= 0.3 is 0 Å². The van der Waals surface area contributed by atoms with E-state index in [2.05, 4.69) is 40.0 Å². The molecule has 0 fully saturated rings. The van der Waals surface area contributed by atoms with Crippen molar-refractivity contribution in [1.29, 1.82) is 0 Å². The van der Waals surface area contributed by atoms with Crippen molar-refractivity contribution >= 4 is 15.9 Å². The summed E-state index contributed by atoms with van der Waals surface area (Å²) in [5.41, 5.74) is 1.93. The van der Waals surface area contributed by atoms with Gasteiger partial charge < -0.3 is 5.11 Å². The van der Waals surface area contributed by atoms with E-state index in [0.717, 1.165) is 23.0 Å². The van der Waals surface area contributed by atoms with Crippen LogP contribution >= 0.6 is 15.9 Å². The molecule has 1 atom stereocenters. The molecular formula is C16H18BrNO. The Labute approximate surface area is 122 Å². The predicted molar refractivity (Wildman–Crippen MR) is 81.1 cm³/mol. The van der Waals surface area contributed by atoms with E-state index in [-0.39, 0.29) is 12.0 Å². The summed E-state index contributed by atoms with van der Waals surface area (Å²) in [6.07, 6.45) is 3.43. The fraction of sp³-hybridized carbons (Fsp3) is 0.312. The fourth-order valence-corrected chi connectivity index (χ4v) is 2.57. The molecule has 19 heavy (non-hydrogen) atoms. The molecular weight excluding hydrogens is 302 g/mol. The second kappa shape index (κ2) is 6.31. The summed E-state index contributed by atoms with van der Waals surface area (Å²) in [6, 6.07) is 14.2. The van der Waals surface area contributed by atoms with E-state index >= 15 is 0 Å². The lowest BCUT2D eigenvalue weighted by Crippen LogP contribution is -2.32. The molecule has 100 valence electrons. The van der Waals surface area contributed by atoms with Crippen LogP contribution in [-0.4, -0.2) is 16.7 Å². The monoisotopic (exact) mass is 319 g/mol. The number of nitrogens with zero attached hydrogens (tertiary/aromatic N) is 1. The maximum Gasteiger partial charge on any atom is 0.0531 e. The average molecular weight is 320 g/mol. The van der Waals surface area contributed by atoms with Gasteiger partial charge in [0.05, 0.1) is 6.61 Å². The van der Waals surface area contributed by atoms with Crippen LogP contribution in [0.5, 0.6) is 0 Å². The lowest BCUT2D eigenvalue weighted by molar-refractivity contribution is 0.185. The fourth-order valence-electron chi connectivity index (χ4n) is 2.34. The Hall–Kier alpha value is -1.19. The zero-order valence-electron chi connectivity index (χ0n) is 11.0. The molecule has 2 rings (SSSR count). The SMILES string of the molecule is CCC(CO)(Cc1ccc(Br)cn1)c1ccccc1. The molecule has 1 heterocycles. The molecule has 0 saturated heterocycles. The van der Waals surface area contributed by atoms with Gasteiger partial charge in [-0.05, 0) is 40.0 Å². The van der Waals surface area contributed by atoms with E-state index in [1.54, 1.807) is 6.20 Å². The zero-order chi connectivity index (χ0) is 13.7. The van der Waals surface area contributed by atoms with Crippen LogP contribution in [0.2, 0.25) is 0 Å². The van der Waals surface area contributed by atoms with E-state index in [4.69, 9.17) is 0 Å². The molecule has 0 saturated carbocycles. The number of aromatic nitrogens is 1. The van der Waals surface area contributed by atoms with Crippen LogP contribution in [0.4, 0.5) is 0 Å². The van der Waals surface area contributed by atoms with Crippen molar-refractivity contribution < 1.29 is 5.11 Å². The molecule has 0 spiro atoms. The summed E-state index contributed by atoms with van der Waals surface area (Å²) in [5, 5.41) is 9.91. The highest BCUT2D eigenvalue weighted by molar-refractivity contribution is 9.10. The topological polar surface area (TPSA) is 33.1 Å². The first-order valence-electron chi connectivity index (χ1n) is 6.47. The molecule has 0 radical (unpaired) electrons. The minimum Gasteiger partial charge on any atom is -0.395 e. The van der Waals surface area contributed by atoms with Crippen molar-refractivity contribution in [2.45, 2.75) is 25.2 Å². The van der Waals surface area contributed by atoms with Gasteiger partial charge in [-0.25, -0.2) is 0 Å². The summed E-state index contributed by atoms with van der Waals surface area (Å²) >= 11 is 3.39. The Kier molecular flexibility index (Phi) is 4.72. The summed E-state index contributed by atoms with van der Waals surface area (Å²) in [4.78, 5) is 4.43. The van der Waals surface area contributed by atoms with Crippen LogP contribution in [0.15, 0.2) is 53.1 Å². The van der Waals surface area contributed by atoms with E-state index < -0.39 is 0 Å². The van der Waals surface area contributed by atoms with Gasteiger partial charge in [-0.15, -0.1) is 0 Å². The molecule has 0 aliphatic rings. The van der Waals surface area contributed by atoms with Gasteiger partial charge in [0.25, 0.3) is 0 Å². The Bertz CT molecular complexity index is 506. The Morgan fingerprint density at radius 2 is 1.89 bits per heavy atom. The molecule has 0 bridgehead atoms. The number of pyridine rings is 1. The lowest BCUT2D eigenvalue weighted by atomic mass is 9.75. The second-order valence-electron chi connectivity index (χ2n) is 4.80. The number of halogens is 1. The number of rotatable bonds is 5. The summed E-state index contributed by atoms with van der Waals surface area (Å²) in [6.45, 7) is 2.24. The first-order chi connectivity index (χ1) is 9.20. The minimum absolute atomic E-state index is 0.130. The number of aliphatic hydroxyl groups excluding tert-OH is 1. The van der Waals surface area contributed by atoms with Crippen molar-refractivity contribution in [2.75, 3.05) is 6.61 Å². The van der Waals surface area contributed by atoms with Gasteiger partial charge in [-0.3, -0.25) is 4.98 Å². The molecule has 2 aromatic rings. The van der Waals surface area contributed by atoms with E-state index in [1.807, 2.05) is 30.3 Å². The quantitative estimate of drug-likeness (QED) is 0.911. The van der Waals surface area contributed by atoms with Crippen LogP contribution in [-0.2, 0) is 11.8 Å². The molecule has 0 aliphatic carbocycles. The third-order valence-corrected chi connectivity index (χ3v) is 4.14. The van der Waals surface area contributed by atoms with Crippen molar-refractivity contribution in [2.24, 2.45) is 0 Å². The Balaban J connectivity index is 2.32. The third kappa shape index (κ3) is 3.23. The predicted octanol–water partition coefficient (Wildman–Crippen LogP) is 3.73. The highest BCUT2D eigenvalue weighted by Crippen LogP contribution is 2.31. The van der Waals surface area contributed by atoms with Crippen molar-refractivity contribution in [3.05, 3.63) is 64.4 Å². The van der Waals surface area contributed by atoms with Gasteiger partial charge in [-0.2, -0.15) is 0 Å². The molecule has 1 N–H and O–H groups in total. The normalized spacial score (nSPS) is 14.1. The van der Waals surface area contributed by atoms with E-state index in [9.17, 15) is 5.11 Å². The summed E-state index contributed by atoms with van der Waals surface area (Å²) in [7, 11) is 0. The minimum atomic E-state index is -0.248. The van der Waals surface area contributed by atoms with Crippen LogP contribution in [0, 0.1) is 0 Å². The highest BCUT2D eigenvalue weighted by Gasteiger charge is 2.30. The smallest absolute Gasteiger partial charge is 0.0531 e. The van der Waals surface area contributed by atoms with Gasteiger partial charge in [0, 0.05) is 28.2 Å². The largest absolute Gasteiger partial charge is 0.395 e. The molecule has 0 amide bonds. The lowest BCUT2D eigenvalue weighted by Gasteiger charge is -2.31. The molecule has 1 aromatic heterocycles. The van der Waals surface area contributed by atoms with Crippen LogP contribution in [0.3, 0.4) is 0 Å². The van der Waals surface area contributed by atoms with Crippen LogP contribution < -0.4 is 0 Å². The molecule has 0 aliphatic heterocycles. The second-order valence-corrected chi connectivity index (χ2v) is 5.72. The number of hydrogen-bond donors (Lipinski definition) is 1. The maximum atomic E-state index is 9.91. The molecule has 2 nitrogen and oxygen atoms in total. The van der Waals surface area contributed by atoms with Gasteiger partial charge in [-0.1, -0.05) is 37.3 Å². The number of aliphatic hydroxyl groups is 1. The van der Waals surface area contributed by atoms with E-state index in [1.165, 1.54) is 5.56 Å². The van der Waals surface area contributed by atoms with Gasteiger partial charge in [0.15, 0.2) is 0 Å². The van der Waals surface area contributed by atoms with Crippen molar-refractivity contribution in [3.8, 4) is 0 Å². The van der Waals surface area contributed by atoms with Crippen molar-refractivity contribution in [1.82, 2.24) is 4.98 Å². The Morgan fingerprint density at radius 1 is 1.16 bits per heavy atom. The molecule has 1 unspecified atom stereocenters. The van der Waals surface area contributed by atoms with Crippen molar-refractivity contribution in [3.63, 3.8) is 0 Å². The standard InChI is InChI=1S/C16H18BrNO/c1-2-16(12-19,13-6-4-3-5-7-13)10-15-9-8-14(17)11-18-15/h3-9,11,19H,2,10,12H2,1H3. The third-order valence-electron chi connectivity index (χ3n) is 3.67. The Morgan fingerprint density at radius 3 is 2.42 bits per heavy atom. The highest BCUT2D eigenvalue weighted by atomic mass is 79.9. The van der Waals surface area contributed by atoms with Gasteiger partial charge in [0.2, 0.25) is 0 Å². The van der Waals surface area contributed by atoms with Crippen LogP contribution in [0.1, 0.15) is 24.6 Å². The summed E-state index contributed by atoms with van der Waals surface area (Å²) in [5.74, 6) is 0. The summed E-state index contributed by atoms with van der Waals surface area (Å²) < 4.78 is 0.974. The molecule has 1 aromatic carbocycles. The maximum absolute atomic E-state index is 9.91. The first kappa shape index (κ1) is 14.2. The first-order valence-corrected chi connectivity index (χ1v) is 7.26. The van der Waals surface area contributed by atoms with E-state index in [0.29, 0.717) is 0 Å². The van der Waals surface area contributed by atoms with Gasteiger partial charge in [0.1, 0.15) is 0 Å². The number of benzene rings is 1. The number of hydrogen-bond acceptors (Lipinski definition) is 2. The zero-order valence-corrected chi connectivity index (χ0v) is 12.6. The average Bonchev–Trinajstić information content (AvgIpc) is 2.48. The molecule has 3 heteroatoms.